The van der Waals surface area contributed by atoms with Crippen molar-refractivity contribution in [1.29, 1.82) is 0 Å². The highest BCUT2D eigenvalue weighted by Crippen LogP contribution is 2.25. The third kappa shape index (κ3) is 11.1. The molecule has 0 spiro atoms. The zero-order valence-electron chi connectivity index (χ0n) is 29.2. The van der Waals surface area contributed by atoms with Crippen LogP contribution in [0.15, 0.2) is 30.5 Å². The molecular weight excluding hydrogens is 594 g/mol. The summed E-state index contributed by atoms with van der Waals surface area (Å²) in [6, 6.07) is 5.15. The molecular formula is C37H59N5O5. The molecule has 1 unspecified atom stereocenters. The number of fused-ring (bicyclic) bond motifs is 1. The van der Waals surface area contributed by atoms with Crippen molar-refractivity contribution in [3.05, 3.63) is 36.0 Å². The minimum absolute atomic E-state index is 0.00752. The maximum absolute atomic E-state index is 13.9. The lowest BCUT2D eigenvalue weighted by Crippen LogP contribution is -2.58. The molecule has 4 N–H and O–H groups in total. The molecule has 0 saturated carbocycles. The Kier molecular flexibility index (Phi) is 16.3. The van der Waals surface area contributed by atoms with Crippen LogP contribution in [0.25, 0.3) is 10.9 Å². The van der Waals surface area contributed by atoms with Crippen molar-refractivity contribution in [3.63, 3.8) is 0 Å². The Bertz CT molecular complexity index is 1280. The molecule has 0 bridgehead atoms. The first-order valence-corrected chi connectivity index (χ1v) is 18.1. The van der Waals surface area contributed by atoms with Crippen LogP contribution in [0.3, 0.4) is 0 Å². The van der Waals surface area contributed by atoms with Crippen LogP contribution in [0.5, 0.6) is 0 Å². The Balaban J connectivity index is 1.56. The molecule has 1 aromatic heterocycles. The van der Waals surface area contributed by atoms with E-state index in [-0.39, 0.29) is 24.2 Å². The molecule has 10 heteroatoms. The van der Waals surface area contributed by atoms with Crippen LogP contribution in [0.2, 0.25) is 0 Å². The van der Waals surface area contributed by atoms with E-state index < -0.39 is 29.9 Å². The van der Waals surface area contributed by atoms with E-state index in [9.17, 15) is 24.4 Å². The second kappa shape index (κ2) is 20.1. The minimum atomic E-state index is -1.06. The number of hydrogen-bond donors (Lipinski definition) is 4. The molecule has 0 aliphatic carbocycles. The van der Waals surface area contributed by atoms with Gasteiger partial charge in [0.1, 0.15) is 18.1 Å². The molecule has 2 aromatic rings. The van der Waals surface area contributed by atoms with Crippen molar-refractivity contribution >= 4 is 34.5 Å². The third-order valence-corrected chi connectivity index (χ3v) is 9.91. The number of amides is 4. The molecule has 262 valence electrons. The number of para-hydroxylation sites is 1. The Hall–Kier alpha value is -3.40. The van der Waals surface area contributed by atoms with Gasteiger partial charge in [0.05, 0.1) is 0 Å². The summed E-state index contributed by atoms with van der Waals surface area (Å²) in [6.07, 6.45) is 17.7. The second-order valence-electron chi connectivity index (χ2n) is 13.4. The highest BCUT2D eigenvalue weighted by molar-refractivity contribution is 5.95. The number of rotatable bonds is 21. The fourth-order valence-corrected chi connectivity index (χ4v) is 6.88. The predicted molar refractivity (Wildman–Crippen MR) is 186 cm³/mol. The minimum Gasteiger partial charge on any atom is -0.361 e. The van der Waals surface area contributed by atoms with E-state index in [4.69, 9.17) is 0 Å². The molecule has 4 amide bonds. The molecule has 1 aliphatic rings. The van der Waals surface area contributed by atoms with Crippen molar-refractivity contribution in [3.8, 4) is 0 Å². The Morgan fingerprint density at radius 2 is 1.60 bits per heavy atom. The zero-order valence-corrected chi connectivity index (χ0v) is 29.2. The van der Waals surface area contributed by atoms with E-state index in [1.54, 1.807) is 23.6 Å². The summed E-state index contributed by atoms with van der Waals surface area (Å²) in [5.74, 6) is -1.67. The fraction of sp³-hybridized carbons (Fsp3) is 0.676. The summed E-state index contributed by atoms with van der Waals surface area (Å²) in [5.41, 5.74) is 3.40. The third-order valence-electron chi connectivity index (χ3n) is 9.91. The molecule has 1 saturated heterocycles. The molecule has 1 fully saturated rings. The van der Waals surface area contributed by atoms with E-state index >= 15 is 0 Å². The molecule has 10 nitrogen and oxygen atoms in total. The van der Waals surface area contributed by atoms with Crippen LogP contribution < -0.4 is 10.8 Å². The number of benzene rings is 1. The van der Waals surface area contributed by atoms with Gasteiger partial charge in [0.2, 0.25) is 17.7 Å². The first kappa shape index (κ1) is 38.1. The first-order valence-electron chi connectivity index (χ1n) is 18.1. The number of nitrogens with zero attached hydrogens (tertiary/aromatic N) is 2. The number of H-pyrrole nitrogens is 1. The van der Waals surface area contributed by atoms with Crippen LogP contribution in [-0.4, -0.2) is 75.3 Å². The Morgan fingerprint density at radius 3 is 2.23 bits per heavy atom. The van der Waals surface area contributed by atoms with Crippen LogP contribution >= 0.6 is 0 Å². The van der Waals surface area contributed by atoms with E-state index in [0.29, 0.717) is 25.8 Å². The van der Waals surface area contributed by atoms with Crippen molar-refractivity contribution < 1.29 is 24.4 Å². The largest absolute Gasteiger partial charge is 0.361 e. The lowest BCUT2D eigenvalue weighted by molar-refractivity contribution is -0.148. The standard InChI is InChI=1S/C37H59N5O5/c1-5-7-8-9-10-11-12-13-14-15-16-23-33(43)42-24-19-22-32(42)37(46)41(4)34(27(3)6-2)36(45)39-31(35(44)40-47)25-28-26-38-30-21-18-17-20-29(28)30/h17-18,20-21,26-27,31-32,34,38,47H,5-16,19,22-25H2,1-4H3,(H,39,45)(H,40,44)/t27?,31-,32-,34-/m0/s1. The van der Waals surface area contributed by atoms with E-state index in [0.717, 1.165) is 42.1 Å². The molecule has 2 heterocycles. The monoisotopic (exact) mass is 653 g/mol. The SMILES string of the molecule is CCCCCCCCCCCCCC(=O)N1CCC[C@H]1C(=O)N(C)[C@H](C(=O)N[C@@H](Cc1c[nH]c2ccccc12)C(=O)NO)C(C)CC. The van der Waals surface area contributed by atoms with Crippen molar-refractivity contribution in [2.45, 2.75) is 142 Å². The number of nitrogens with one attached hydrogen (secondary N) is 3. The normalized spacial score (nSPS) is 16.5. The fourth-order valence-electron chi connectivity index (χ4n) is 6.88. The Morgan fingerprint density at radius 1 is 0.957 bits per heavy atom. The maximum atomic E-state index is 13.9. The summed E-state index contributed by atoms with van der Waals surface area (Å²) >= 11 is 0. The van der Waals surface area contributed by atoms with E-state index in [2.05, 4.69) is 17.2 Å². The molecule has 47 heavy (non-hydrogen) atoms. The topological polar surface area (TPSA) is 135 Å². The number of likely N-dealkylation sites (N-methyl/N-ethyl adjacent to an activating group) is 1. The van der Waals surface area contributed by atoms with Crippen molar-refractivity contribution in [2.24, 2.45) is 5.92 Å². The van der Waals surface area contributed by atoms with Gasteiger partial charge in [0.15, 0.2) is 0 Å². The highest BCUT2D eigenvalue weighted by atomic mass is 16.5. The molecule has 1 aliphatic heterocycles. The summed E-state index contributed by atoms with van der Waals surface area (Å²) in [6.45, 7) is 6.64. The first-order chi connectivity index (χ1) is 22.7. The lowest BCUT2D eigenvalue weighted by atomic mass is 9.95. The van der Waals surface area contributed by atoms with Crippen LogP contribution in [0.1, 0.15) is 123 Å². The number of carbonyl (C=O) groups excluding carboxylic acids is 4. The quantitative estimate of drug-likeness (QED) is 0.0716. The van der Waals surface area contributed by atoms with Gasteiger partial charge >= 0.3 is 0 Å². The van der Waals surface area contributed by atoms with Gasteiger partial charge in [-0.15, -0.1) is 0 Å². The average molecular weight is 654 g/mol. The molecule has 4 atom stereocenters. The van der Waals surface area contributed by atoms with Gasteiger partial charge in [-0.25, -0.2) is 5.48 Å². The van der Waals surface area contributed by atoms with Crippen LogP contribution in [0, 0.1) is 5.92 Å². The smallest absolute Gasteiger partial charge is 0.266 e. The number of aromatic nitrogens is 1. The number of carbonyl (C=O) groups is 4. The van der Waals surface area contributed by atoms with Crippen LogP contribution in [0.4, 0.5) is 0 Å². The summed E-state index contributed by atoms with van der Waals surface area (Å²) in [4.78, 5) is 60.0. The van der Waals surface area contributed by atoms with Crippen molar-refractivity contribution in [1.82, 2.24) is 25.6 Å². The van der Waals surface area contributed by atoms with Gasteiger partial charge in [0.25, 0.3) is 5.91 Å². The average Bonchev–Trinajstić information content (AvgIpc) is 3.74. The number of unbranched alkanes of at least 4 members (excludes halogenated alkanes) is 10. The predicted octanol–water partition coefficient (Wildman–Crippen LogP) is 6.27. The van der Waals surface area contributed by atoms with Gasteiger partial charge in [-0.05, 0) is 36.8 Å². The number of hydroxylamine groups is 1. The number of hydrogen-bond acceptors (Lipinski definition) is 5. The molecule has 1 aromatic carbocycles. The van der Waals surface area contributed by atoms with E-state index in [1.165, 1.54) is 56.3 Å². The summed E-state index contributed by atoms with van der Waals surface area (Å²) < 4.78 is 0. The summed E-state index contributed by atoms with van der Waals surface area (Å²) in [7, 11) is 1.62. The van der Waals surface area contributed by atoms with Gasteiger partial charge in [-0.1, -0.05) is 110 Å². The zero-order chi connectivity index (χ0) is 34.2. The Labute approximate surface area is 281 Å². The van der Waals surface area contributed by atoms with Crippen LogP contribution in [-0.2, 0) is 25.6 Å². The summed E-state index contributed by atoms with van der Waals surface area (Å²) in [5, 5.41) is 13.2. The molecule has 3 rings (SSSR count). The van der Waals surface area contributed by atoms with Crippen molar-refractivity contribution in [2.75, 3.05) is 13.6 Å². The van der Waals surface area contributed by atoms with E-state index in [1.807, 2.05) is 38.1 Å². The van der Waals surface area contributed by atoms with Gasteiger partial charge < -0.3 is 20.1 Å². The second-order valence-corrected chi connectivity index (χ2v) is 13.4. The van der Waals surface area contributed by atoms with Gasteiger partial charge in [-0.3, -0.25) is 24.4 Å². The maximum Gasteiger partial charge on any atom is 0.266 e. The van der Waals surface area contributed by atoms with Gasteiger partial charge in [-0.2, -0.15) is 0 Å². The number of likely N-dealkylation sites (tertiary alicyclic amines) is 1. The molecule has 0 radical (unpaired) electrons. The highest BCUT2D eigenvalue weighted by Gasteiger charge is 2.40. The number of aromatic amines is 1. The lowest BCUT2D eigenvalue weighted by Gasteiger charge is -2.36. The van der Waals surface area contributed by atoms with Gasteiger partial charge in [0, 0.05) is 43.5 Å².